The van der Waals surface area contributed by atoms with Crippen LogP contribution in [-0.4, -0.2) is 23.3 Å². The van der Waals surface area contributed by atoms with Crippen molar-refractivity contribution in [1.29, 1.82) is 0 Å². The molecule has 2 rings (SSSR count). The number of rotatable bonds is 5. The fraction of sp³-hybridized carbons (Fsp3) is 0.769. The normalized spacial score (nSPS) is 17.8. The maximum atomic E-state index is 5.09. The lowest BCUT2D eigenvalue weighted by Crippen LogP contribution is -2.12. The number of ether oxygens (including phenoxy) is 1. The molecule has 0 aliphatic heterocycles. The Morgan fingerprint density at radius 2 is 2.19 bits per heavy atom. The molecule has 1 heterocycles. The Kier molecular flexibility index (Phi) is 4.40. The van der Waals surface area contributed by atoms with E-state index >= 15 is 0 Å². The van der Waals surface area contributed by atoms with Crippen LogP contribution in [0.3, 0.4) is 0 Å². The van der Waals surface area contributed by atoms with Crippen molar-refractivity contribution < 1.29 is 4.74 Å². The first-order valence-corrected chi connectivity index (χ1v) is 6.42. The summed E-state index contributed by atoms with van der Waals surface area (Å²) in [6.07, 6.45) is 11.9. The molecule has 0 spiro atoms. The first-order chi connectivity index (χ1) is 7.92. The zero-order chi connectivity index (χ0) is 11.2. The molecule has 0 unspecified atom stereocenters. The fourth-order valence-electron chi connectivity index (χ4n) is 2.61. The third-order valence-electron chi connectivity index (χ3n) is 3.47. The lowest BCUT2D eigenvalue weighted by atomic mass is 9.88. The molecular weight excluding hydrogens is 200 g/mol. The third-order valence-corrected chi connectivity index (χ3v) is 3.47. The average molecular weight is 222 g/mol. The molecular formula is C13H22N2O. The molecule has 1 aromatic heterocycles. The zero-order valence-corrected chi connectivity index (χ0v) is 10.2. The van der Waals surface area contributed by atoms with E-state index in [0.717, 1.165) is 19.6 Å². The van der Waals surface area contributed by atoms with Gasteiger partial charge in [0.05, 0.1) is 0 Å². The molecule has 3 nitrogen and oxygen atoms in total. The van der Waals surface area contributed by atoms with E-state index in [1.807, 2.05) is 6.20 Å². The highest BCUT2D eigenvalue weighted by molar-refractivity contribution is 5.01. The van der Waals surface area contributed by atoms with Crippen LogP contribution >= 0.6 is 0 Å². The van der Waals surface area contributed by atoms with Crippen LogP contribution < -0.4 is 0 Å². The van der Waals surface area contributed by atoms with Gasteiger partial charge in [-0.25, -0.2) is 4.98 Å². The second-order valence-electron chi connectivity index (χ2n) is 4.66. The number of imidazole rings is 1. The molecule has 0 N–H and O–H groups in total. The predicted molar refractivity (Wildman–Crippen MR) is 64.5 cm³/mol. The van der Waals surface area contributed by atoms with E-state index in [9.17, 15) is 0 Å². The van der Waals surface area contributed by atoms with Gasteiger partial charge in [0.15, 0.2) is 0 Å². The Balaban J connectivity index is 1.94. The van der Waals surface area contributed by atoms with Gasteiger partial charge in [-0.05, 0) is 19.3 Å². The van der Waals surface area contributed by atoms with Gasteiger partial charge in [0, 0.05) is 38.6 Å². The quantitative estimate of drug-likeness (QED) is 0.716. The van der Waals surface area contributed by atoms with Gasteiger partial charge in [-0.15, -0.1) is 0 Å². The smallest absolute Gasteiger partial charge is 0.111 e. The van der Waals surface area contributed by atoms with E-state index in [1.54, 1.807) is 7.11 Å². The Bertz CT molecular complexity index is 303. The lowest BCUT2D eigenvalue weighted by Gasteiger charge is -2.22. The topological polar surface area (TPSA) is 27.1 Å². The van der Waals surface area contributed by atoms with Gasteiger partial charge in [-0.1, -0.05) is 19.3 Å². The van der Waals surface area contributed by atoms with Crippen LogP contribution in [0.2, 0.25) is 0 Å². The van der Waals surface area contributed by atoms with Gasteiger partial charge < -0.3 is 9.30 Å². The van der Waals surface area contributed by atoms with Crippen molar-refractivity contribution in [1.82, 2.24) is 9.55 Å². The first kappa shape index (κ1) is 11.6. The van der Waals surface area contributed by atoms with Crippen LogP contribution in [0.1, 0.15) is 50.3 Å². The van der Waals surface area contributed by atoms with E-state index < -0.39 is 0 Å². The Morgan fingerprint density at radius 1 is 1.38 bits per heavy atom. The summed E-state index contributed by atoms with van der Waals surface area (Å²) in [5.74, 6) is 2.00. The van der Waals surface area contributed by atoms with Crippen molar-refractivity contribution in [2.45, 2.75) is 51.0 Å². The van der Waals surface area contributed by atoms with Gasteiger partial charge in [0.1, 0.15) is 5.82 Å². The number of nitrogens with zero attached hydrogens (tertiary/aromatic N) is 2. The van der Waals surface area contributed by atoms with Crippen molar-refractivity contribution in [2.24, 2.45) is 0 Å². The van der Waals surface area contributed by atoms with Crippen LogP contribution in [0.5, 0.6) is 0 Å². The minimum absolute atomic E-state index is 0.700. The van der Waals surface area contributed by atoms with Crippen molar-refractivity contribution in [3.05, 3.63) is 18.2 Å². The molecule has 0 radical (unpaired) electrons. The molecule has 0 aromatic carbocycles. The van der Waals surface area contributed by atoms with Crippen LogP contribution in [0, 0.1) is 0 Å². The van der Waals surface area contributed by atoms with E-state index in [1.165, 1.54) is 37.9 Å². The number of hydrogen-bond acceptors (Lipinski definition) is 2. The molecule has 90 valence electrons. The lowest BCUT2D eigenvalue weighted by molar-refractivity contribution is 0.189. The highest BCUT2D eigenvalue weighted by Crippen LogP contribution is 2.31. The largest absolute Gasteiger partial charge is 0.385 e. The van der Waals surface area contributed by atoms with Crippen LogP contribution in [0.4, 0.5) is 0 Å². The predicted octanol–water partition coefficient (Wildman–Crippen LogP) is 2.97. The maximum absolute atomic E-state index is 5.09. The Hall–Kier alpha value is -0.830. The fourth-order valence-corrected chi connectivity index (χ4v) is 2.61. The molecule has 16 heavy (non-hydrogen) atoms. The summed E-state index contributed by atoms with van der Waals surface area (Å²) in [5, 5.41) is 0. The summed E-state index contributed by atoms with van der Waals surface area (Å²) in [7, 11) is 1.76. The minimum Gasteiger partial charge on any atom is -0.385 e. The summed E-state index contributed by atoms with van der Waals surface area (Å²) >= 11 is 0. The van der Waals surface area contributed by atoms with E-state index in [4.69, 9.17) is 4.74 Å². The summed E-state index contributed by atoms with van der Waals surface area (Å²) in [6.45, 7) is 1.88. The van der Waals surface area contributed by atoms with Gasteiger partial charge in [0.2, 0.25) is 0 Å². The third kappa shape index (κ3) is 2.85. The molecule has 1 aromatic rings. The van der Waals surface area contributed by atoms with Gasteiger partial charge >= 0.3 is 0 Å². The monoisotopic (exact) mass is 222 g/mol. The molecule has 0 atom stereocenters. The number of aryl methyl sites for hydroxylation is 1. The molecule has 1 saturated carbocycles. The first-order valence-electron chi connectivity index (χ1n) is 6.42. The van der Waals surface area contributed by atoms with Crippen LogP contribution in [-0.2, 0) is 11.3 Å². The van der Waals surface area contributed by atoms with Gasteiger partial charge in [-0.2, -0.15) is 0 Å². The molecule has 0 bridgehead atoms. The zero-order valence-electron chi connectivity index (χ0n) is 10.2. The van der Waals surface area contributed by atoms with Crippen LogP contribution in [0.15, 0.2) is 12.4 Å². The molecule has 1 aliphatic carbocycles. The Morgan fingerprint density at radius 3 is 2.94 bits per heavy atom. The highest BCUT2D eigenvalue weighted by atomic mass is 16.5. The van der Waals surface area contributed by atoms with Crippen LogP contribution in [0.25, 0.3) is 0 Å². The van der Waals surface area contributed by atoms with E-state index in [-0.39, 0.29) is 0 Å². The molecule has 1 fully saturated rings. The molecule has 1 aliphatic rings. The molecule has 0 saturated heterocycles. The van der Waals surface area contributed by atoms with Crippen molar-refractivity contribution in [3.63, 3.8) is 0 Å². The van der Waals surface area contributed by atoms with Crippen molar-refractivity contribution in [3.8, 4) is 0 Å². The highest BCUT2D eigenvalue weighted by Gasteiger charge is 2.19. The van der Waals surface area contributed by atoms with E-state index in [2.05, 4.69) is 15.7 Å². The average Bonchev–Trinajstić information content (AvgIpc) is 2.79. The SMILES string of the molecule is COCCCn1ccnc1C1CCCCC1. The maximum Gasteiger partial charge on any atom is 0.111 e. The number of aromatic nitrogens is 2. The Labute approximate surface area is 97.8 Å². The summed E-state index contributed by atoms with van der Waals surface area (Å²) in [6, 6.07) is 0. The van der Waals surface area contributed by atoms with Gasteiger partial charge in [0.25, 0.3) is 0 Å². The second-order valence-corrected chi connectivity index (χ2v) is 4.66. The summed E-state index contributed by atoms with van der Waals surface area (Å²) in [4.78, 5) is 4.54. The van der Waals surface area contributed by atoms with Gasteiger partial charge in [-0.3, -0.25) is 0 Å². The molecule has 3 heteroatoms. The van der Waals surface area contributed by atoms with Crippen molar-refractivity contribution >= 4 is 0 Å². The summed E-state index contributed by atoms with van der Waals surface area (Å²) in [5.41, 5.74) is 0. The minimum atomic E-state index is 0.700. The standard InChI is InChI=1S/C13H22N2O/c1-16-11-5-9-15-10-8-14-13(15)12-6-3-2-4-7-12/h8,10,12H,2-7,9,11H2,1H3. The number of hydrogen-bond donors (Lipinski definition) is 0. The number of methoxy groups -OCH3 is 1. The molecule has 0 amide bonds. The summed E-state index contributed by atoms with van der Waals surface area (Å²) < 4.78 is 7.41. The van der Waals surface area contributed by atoms with Crippen molar-refractivity contribution in [2.75, 3.05) is 13.7 Å². The second kappa shape index (κ2) is 6.04. The van der Waals surface area contributed by atoms with E-state index in [0.29, 0.717) is 5.92 Å².